The van der Waals surface area contributed by atoms with Gasteiger partial charge in [0, 0.05) is 4.47 Å². The molecule has 0 bridgehead atoms. The van der Waals surface area contributed by atoms with Crippen LogP contribution < -0.4 is 10.5 Å². The third-order valence-corrected chi connectivity index (χ3v) is 4.91. The maximum atomic E-state index is 9.95. The Bertz CT molecular complexity index is 426. The zero-order chi connectivity index (χ0) is 13.9. The van der Waals surface area contributed by atoms with Crippen molar-refractivity contribution < 1.29 is 14.9 Å². The predicted octanol–water partition coefficient (Wildman–Crippen LogP) is 3.09. The van der Waals surface area contributed by atoms with Gasteiger partial charge in [0.05, 0.1) is 23.7 Å². The smallest absolute Gasteiger partial charge is 0.173 e. The zero-order valence-electron chi connectivity index (χ0n) is 10.3. The normalized spacial score (nSPS) is 14.3. The van der Waals surface area contributed by atoms with Gasteiger partial charge in [0.25, 0.3) is 0 Å². The minimum atomic E-state index is -0.632. The average Bonchev–Trinajstić information content (AvgIpc) is 2.36. The van der Waals surface area contributed by atoms with E-state index in [2.05, 4.69) is 31.9 Å². The molecule has 2 atom stereocenters. The van der Waals surface area contributed by atoms with E-state index in [0.29, 0.717) is 26.7 Å². The number of rotatable bonds is 5. The van der Waals surface area contributed by atoms with Crippen LogP contribution in [0.1, 0.15) is 31.4 Å². The summed E-state index contributed by atoms with van der Waals surface area (Å²) in [5.41, 5.74) is 6.72. The highest BCUT2D eigenvalue weighted by Gasteiger charge is 2.23. The second-order valence-electron chi connectivity index (χ2n) is 4.03. The van der Waals surface area contributed by atoms with Gasteiger partial charge in [-0.1, -0.05) is 13.3 Å². The van der Waals surface area contributed by atoms with Crippen LogP contribution in [0.25, 0.3) is 0 Å². The van der Waals surface area contributed by atoms with Crippen molar-refractivity contribution in [3.63, 3.8) is 0 Å². The maximum absolute atomic E-state index is 9.95. The zero-order valence-corrected chi connectivity index (χ0v) is 13.5. The summed E-state index contributed by atoms with van der Waals surface area (Å²) < 4.78 is 6.17. The van der Waals surface area contributed by atoms with Crippen LogP contribution in [0.15, 0.2) is 15.0 Å². The Morgan fingerprint density at radius 1 is 1.39 bits per heavy atom. The van der Waals surface area contributed by atoms with Crippen LogP contribution in [-0.4, -0.2) is 23.4 Å². The molecule has 4 nitrogen and oxygen atoms in total. The van der Waals surface area contributed by atoms with Gasteiger partial charge < -0.3 is 20.7 Å². The van der Waals surface area contributed by atoms with Gasteiger partial charge in [0.15, 0.2) is 11.5 Å². The molecule has 0 unspecified atom stereocenters. The van der Waals surface area contributed by atoms with Crippen LogP contribution in [0.3, 0.4) is 0 Å². The van der Waals surface area contributed by atoms with E-state index in [-0.39, 0.29) is 5.75 Å². The quantitative estimate of drug-likeness (QED) is 0.731. The molecular weight excluding hydrogens is 366 g/mol. The number of ether oxygens (including phenoxy) is 1. The SMILES string of the molecule is CCC[C@@H](O)[C@@H](N)c1cc(OC)c(O)c(Br)c1Br. The fourth-order valence-electron chi connectivity index (χ4n) is 1.69. The van der Waals surface area contributed by atoms with Crippen molar-refractivity contribution in [1.29, 1.82) is 0 Å². The van der Waals surface area contributed by atoms with E-state index >= 15 is 0 Å². The van der Waals surface area contributed by atoms with E-state index in [9.17, 15) is 10.2 Å². The van der Waals surface area contributed by atoms with Gasteiger partial charge in [-0.25, -0.2) is 0 Å². The van der Waals surface area contributed by atoms with Crippen LogP contribution in [0.5, 0.6) is 11.5 Å². The highest BCUT2D eigenvalue weighted by Crippen LogP contribution is 2.43. The van der Waals surface area contributed by atoms with Crippen molar-refractivity contribution in [3.8, 4) is 11.5 Å². The molecule has 1 aromatic carbocycles. The molecule has 0 aliphatic rings. The van der Waals surface area contributed by atoms with E-state index in [4.69, 9.17) is 10.5 Å². The molecule has 0 aliphatic heterocycles. The van der Waals surface area contributed by atoms with E-state index in [0.717, 1.165) is 6.42 Å². The van der Waals surface area contributed by atoms with Crippen LogP contribution >= 0.6 is 31.9 Å². The number of benzene rings is 1. The molecule has 0 spiro atoms. The fourth-order valence-corrected chi connectivity index (χ4v) is 2.68. The first kappa shape index (κ1) is 15.8. The van der Waals surface area contributed by atoms with E-state index in [1.165, 1.54) is 7.11 Å². The Balaban J connectivity index is 3.20. The monoisotopic (exact) mass is 381 g/mol. The topological polar surface area (TPSA) is 75.7 Å². The lowest BCUT2D eigenvalue weighted by Crippen LogP contribution is -2.26. The Hall–Kier alpha value is -0.300. The summed E-state index contributed by atoms with van der Waals surface area (Å²) in [6, 6.07) is 1.10. The van der Waals surface area contributed by atoms with Crippen LogP contribution in [0, 0.1) is 0 Å². The molecule has 0 heterocycles. The van der Waals surface area contributed by atoms with Crippen molar-refractivity contribution in [1.82, 2.24) is 0 Å². The number of hydrogen-bond acceptors (Lipinski definition) is 4. The number of hydrogen-bond donors (Lipinski definition) is 3. The molecule has 0 aliphatic carbocycles. The van der Waals surface area contributed by atoms with Gasteiger partial charge in [-0.2, -0.15) is 0 Å². The summed E-state index contributed by atoms with van der Waals surface area (Å²) in [6.07, 6.45) is 0.838. The number of aromatic hydroxyl groups is 1. The third kappa shape index (κ3) is 3.17. The predicted molar refractivity (Wildman–Crippen MR) is 77.9 cm³/mol. The first-order valence-electron chi connectivity index (χ1n) is 5.62. The molecule has 0 saturated carbocycles. The fraction of sp³-hybridized carbons (Fsp3) is 0.500. The summed E-state index contributed by atoms with van der Waals surface area (Å²) in [7, 11) is 1.47. The molecule has 0 radical (unpaired) electrons. The van der Waals surface area contributed by atoms with Crippen molar-refractivity contribution in [2.75, 3.05) is 7.11 Å². The Labute approximate surface area is 123 Å². The van der Waals surface area contributed by atoms with Gasteiger partial charge in [-0.05, 0) is 49.9 Å². The largest absolute Gasteiger partial charge is 0.503 e. The number of halogens is 2. The van der Waals surface area contributed by atoms with Gasteiger partial charge in [0.1, 0.15) is 0 Å². The lowest BCUT2D eigenvalue weighted by molar-refractivity contribution is 0.134. The van der Waals surface area contributed by atoms with Crippen LogP contribution in [0.4, 0.5) is 0 Å². The first-order chi connectivity index (χ1) is 8.43. The number of nitrogens with two attached hydrogens (primary N) is 1. The summed E-state index contributed by atoms with van der Waals surface area (Å²) in [4.78, 5) is 0. The summed E-state index contributed by atoms with van der Waals surface area (Å²) in [5, 5.41) is 19.8. The lowest BCUT2D eigenvalue weighted by atomic mass is 9.99. The van der Waals surface area contributed by atoms with E-state index in [1.807, 2.05) is 6.92 Å². The minimum absolute atomic E-state index is 0.00491. The Morgan fingerprint density at radius 3 is 2.50 bits per heavy atom. The summed E-state index contributed by atoms with van der Waals surface area (Å²) >= 11 is 6.62. The minimum Gasteiger partial charge on any atom is -0.503 e. The highest BCUT2D eigenvalue weighted by molar-refractivity contribution is 9.13. The Kier molecular flexibility index (Phi) is 5.91. The Morgan fingerprint density at radius 2 is 2.00 bits per heavy atom. The van der Waals surface area contributed by atoms with E-state index in [1.54, 1.807) is 6.07 Å². The molecule has 1 aromatic rings. The summed E-state index contributed by atoms with van der Waals surface area (Å²) in [5.74, 6) is 0.324. The maximum Gasteiger partial charge on any atom is 0.173 e. The van der Waals surface area contributed by atoms with Gasteiger partial charge in [0.2, 0.25) is 0 Å². The van der Waals surface area contributed by atoms with Crippen LogP contribution in [0.2, 0.25) is 0 Å². The van der Waals surface area contributed by atoms with Crippen molar-refractivity contribution >= 4 is 31.9 Å². The second kappa shape index (κ2) is 6.75. The van der Waals surface area contributed by atoms with Crippen molar-refractivity contribution in [2.24, 2.45) is 5.73 Å². The molecule has 102 valence electrons. The molecule has 6 heteroatoms. The van der Waals surface area contributed by atoms with Gasteiger partial charge in [-0.3, -0.25) is 0 Å². The van der Waals surface area contributed by atoms with Crippen molar-refractivity contribution in [3.05, 3.63) is 20.6 Å². The number of phenolic OH excluding ortho intramolecular Hbond substituents is 1. The number of methoxy groups -OCH3 is 1. The van der Waals surface area contributed by atoms with E-state index < -0.39 is 12.1 Å². The second-order valence-corrected chi connectivity index (χ2v) is 5.61. The molecule has 0 fully saturated rings. The summed E-state index contributed by atoms with van der Waals surface area (Å²) in [6.45, 7) is 1.98. The number of aliphatic hydroxyl groups excluding tert-OH is 1. The van der Waals surface area contributed by atoms with Gasteiger partial charge >= 0.3 is 0 Å². The molecular formula is C12H17Br2NO3. The molecule has 4 N–H and O–H groups in total. The molecule has 0 aromatic heterocycles. The highest BCUT2D eigenvalue weighted by atomic mass is 79.9. The molecule has 0 saturated heterocycles. The number of phenols is 1. The van der Waals surface area contributed by atoms with Crippen molar-refractivity contribution in [2.45, 2.75) is 31.9 Å². The first-order valence-corrected chi connectivity index (χ1v) is 7.21. The lowest BCUT2D eigenvalue weighted by Gasteiger charge is -2.21. The van der Waals surface area contributed by atoms with Gasteiger partial charge in [-0.15, -0.1) is 0 Å². The molecule has 18 heavy (non-hydrogen) atoms. The average molecular weight is 383 g/mol. The van der Waals surface area contributed by atoms with Crippen LogP contribution in [-0.2, 0) is 0 Å². The number of aliphatic hydroxyl groups is 1. The molecule has 0 amide bonds. The third-order valence-electron chi connectivity index (χ3n) is 2.75. The standard InChI is InChI=1S/C12H17Br2NO3/c1-3-4-7(16)11(15)6-5-8(18-2)12(17)10(14)9(6)13/h5,7,11,16-17H,3-4,15H2,1-2H3/t7-,11+/m1/s1. The molecule has 1 rings (SSSR count).